The summed E-state index contributed by atoms with van der Waals surface area (Å²) in [7, 11) is 0. The number of fused-ring (bicyclic) bond motifs is 1. The minimum absolute atomic E-state index is 0.0369. The average Bonchev–Trinajstić information content (AvgIpc) is 3.28. The number of nitrogens with zero attached hydrogens (tertiary/aromatic N) is 2. The van der Waals surface area contributed by atoms with Crippen molar-refractivity contribution in [1.29, 1.82) is 0 Å². The van der Waals surface area contributed by atoms with Gasteiger partial charge in [0.25, 0.3) is 0 Å². The molecule has 7 nitrogen and oxygen atoms in total. The predicted octanol–water partition coefficient (Wildman–Crippen LogP) is 2.23. The third-order valence-electron chi connectivity index (χ3n) is 5.04. The zero-order chi connectivity index (χ0) is 19.7. The van der Waals surface area contributed by atoms with Crippen molar-refractivity contribution in [3.8, 4) is 0 Å². The van der Waals surface area contributed by atoms with E-state index in [9.17, 15) is 19.2 Å². The molecule has 2 aliphatic rings. The Bertz CT molecular complexity index is 941. The van der Waals surface area contributed by atoms with Crippen LogP contribution >= 0.6 is 11.3 Å². The quantitative estimate of drug-likeness (QED) is 0.619. The Morgan fingerprint density at radius 1 is 1.07 bits per heavy atom. The monoisotopic (exact) mass is 397 g/mol. The van der Waals surface area contributed by atoms with Crippen LogP contribution in [0.5, 0.6) is 0 Å². The second-order valence-electron chi connectivity index (χ2n) is 6.86. The first-order valence-electron chi connectivity index (χ1n) is 9.11. The maximum Gasteiger partial charge on any atom is 0.335 e. The first kappa shape index (κ1) is 18.4. The van der Waals surface area contributed by atoms with E-state index in [1.165, 1.54) is 16.9 Å². The van der Waals surface area contributed by atoms with E-state index in [0.29, 0.717) is 0 Å². The van der Waals surface area contributed by atoms with E-state index in [2.05, 4.69) is 5.32 Å². The van der Waals surface area contributed by atoms with E-state index in [-0.39, 0.29) is 12.6 Å². The van der Waals surface area contributed by atoms with E-state index >= 15 is 0 Å². The van der Waals surface area contributed by atoms with Crippen molar-refractivity contribution < 1.29 is 19.2 Å². The summed E-state index contributed by atoms with van der Waals surface area (Å²) in [5, 5.41) is 4.73. The Kier molecular flexibility index (Phi) is 4.95. The summed E-state index contributed by atoms with van der Waals surface area (Å²) in [4.78, 5) is 51.8. The summed E-state index contributed by atoms with van der Waals surface area (Å²) < 4.78 is 0. The molecule has 2 aromatic rings. The third-order valence-corrected chi connectivity index (χ3v) is 5.90. The highest BCUT2D eigenvalue weighted by atomic mass is 32.1. The fourth-order valence-corrected chi connectivity index (χ4v) is 4.37. The molecule has 8 heteroatoms. The molecule has 1 aromatic heterocycles. The van der Waals surface area contributed by atoms with Gasteiger partial charge < -0.3 is 5.32 Å². The van der Waals surface area contributed by atoms with E-state index in [1.54, 1.807) is 12.1 Å². The molecule has 1 aliphatic carbocycles. The second kappa shape index (κ2) is 7.55. The van der Waals surface area contributed by atoms with Gasteiger partial charge in [-0.15, -0.1) is 11.3 Å². The normalized spacial score (nSPS) is 19.1. The highest BCUT2D eigenvalue weighted by Gasteiger charge is 2.45. The van der Waals surface area contributed by atoms with Gasteiger partial charge >= 0.3 is 17.8 Å². The van der Waals surface area contributed by atoms with Gasteiger partial charge in [-0.2, -0.15) is 0 Å². The van der Waals surface area contributed by atoms with Gasteiger partial charge in [-0.3, -0.25) is 19.3 Å². The van der Waals surface area contributed by atoms with Gasteiger partial charge in [0.1, 0.15) is 6.54 Å². The maximum absolute atomic E-state index is 12.5. The standard InChI is InChI=1S/C20H19N3O4S/c24-17(21-16-9-3-6-13-5-1-2-8-15(13)16)12-23-19(26)18(25)22(20(23)27)11-14-7-4-10-28-14/h1-2,4-5,7-8,10,16H,3,6,9,11-12H2,(H,21,24)/t16-/m0/s1. The molecule has 0 spiro atoms. The maximum atomic E-state index is 12.5. The lowest BCUT2D eigenvalue weighted by Crippen LogP contribution is -2.42. The summed E-state index contributed by atoms with van der Waals surface area (Å²) in [6.07, 6.45) is 2.72. The summed E-state index contributed by atoms with van der Waals surface area (Å²) in [5.41, 5.74) is 2.27. The number of hydrogen-bond acceptors (Lipinski definition) is 5. The Hall–Kier alpha value is -3.00. The van der Waals surface area contributed by atoms with Crippen molar-refractivity contribution in [2.45, 2.75) is 31.8 Å². The van der Waals surface area contributed by atoms with Crippen LogP contribution in [0.3, 0.4) is 0 Å². The van der Waals surface area contributed by atoms with Crippen molar-refractivity contribution in [3.63, 3.8) is 0 Å². The average molecular weight is 397 g/mol. The summed E-state index contributed by atoms with van der Waals surface area (Å²) in [6, 6.07) is 10.6. The number of imide groups is 2. The third kappa shape index (κ3) is 3.43. The largest absolute Gasteiger partial charge is 0.348 e. The molecule has 1 fully saturated rings. The van der Waals surface area contributed by atoms with Gasteiger partial charge in [-0.1, -0.05) is 30.3 Å². The van der Waals surface area contributed by atoms with Gasteiger partial charge in [0.05, 0.1) is 12.6 Å². The number of hydrogen-bond donors (Lipinski definition) is 1. The van der Waals surface area contributed by atoms with Crippen LogP contribution in [0, 0.1) is 0 Å². The van der Waals surface area contributed by atoms with Crippen LogP contribution in [0.1, 0.15) is 34.9 Å². The van der Waals surface area contributed by atoms with Crippen LogP contribution in [0.2, 0.25) is 0 Å². The molecule has 0 bridgehead atoms. The van der Waals surface area contributed by atoms with Crippen LogP contribution in [-0.2, 0) is 27.3 Å². The highest BCUT2D eigenvalue weighted by Crippen LogP contribution is 2.29. The topological polar surface area (TPSA) is 86.8 Å². The Balaban J connectivity index is 1.43. The molecular formula is C20H19N3O4S. The van der Waals surface area contributed by atoms with Gasteiger partial charge in [0.15, 0.2) is 0 Å². The Morgan fingerprint density at radius 3 is 2.64 bits per heavy atom. The van der Waals surface area contributed by atoms with Crippen LogP contribution in [0.4, 0.5) is 4.79 Å². The molecule has 0 unspecified atom stereocenters. The lowest BCUT2D eigenvalue weighted by Gasteiger charge is -2.27. The van der Waals surface area contributed by atoms with Crippen molar-refractivity contribution in [2.24, 2.45) is 0 Å². The number of aryl methyl sites for hydroxylation is 1. The molecule has 0 radical (unpaired) electrons. The molecule has 5 amide bonds. The fourth-order valence-electron chi connectivity index (χ4n) is 3.68. The Labute approximate surface area is 165 Å². The predicted molar refractivity (Wildman–Crippen MR) is 102 cm³/mol. The Morgan fingerprint density at radius 2 is 1.86 bits per heavy atom. The number of benzene rings is 1. The molecule has 1 N–H and O–H groups in total. The smallest absolute Gasteiger partial charge is 0.335 e. The molecule has 0 saturated carbocycles. The van der Waals surface area contributed by atoms with Crippen molar-refractivity contribution in [1.82, 2.24) is 15.1 Å². The molecule has 1 saturated heterocycles. The minimum atomic E-state index is -0.958. The zero-order valence-electron chi connectivity index (χ0n) is 15.1. The molecule has 1 aliphatic heterocycles. The first-order chi connectivity index (χ1) is 13.5. The summed E-state index contributed by atoms with van der Waals surface area (Å²) in [5.74, 6) is -2.30. The van der Waals surface area contributed by atoms with E-state index < -0.39 is 30.3 Å². The minimum Gasteiger partial charge on any atom is -0.348 e. The molecule has 1 aromatic carbocycles. The summed E-state index contributed by atoms with van der Waals surface area (Å²) in [6.45, 7) is -0.418. The molecule has 1 atom stereocenters. The first-order valence-corrected chi connectivity index (χ1v) is 9.99. The van der Waals surface area contributed by atoms with Gasteiger partial charge in [0.2, 0.25) is 5.91 Å². The molecule has 144 valence electrons. The number of carbonyl (C=O) groups excluding carboxylic acids is 4. The van der Waals surface area contributed by atoms with Crippen molar-refractivity contribution in [2.75, 3.05) is 6.54 Å². The highest BCUT2D eigenvalue weighted by molar-refractivity contribution is 7.09. The van der Waals surface area contributed by atoms with Gasteiger partial charge in [0, 0.05) is 4.88 Å². The summed E-state index contributed by atoms with van der Waals surface area (Å²) >= 11 is 1.39. The van der Waals surface area contributed by atoms with E-state index in [0.717, 1.165) is 39.5 Å². The lowest BCUT2D eigenvalue weighted by molar-refractivity contribution is -0.144. The zero-order valence-corrected chi connectivity index (χ0v) is 15.9. The number of urea groups is 1. The molecule has 2 heterocycles. The van der Waals surface area contributed by atoms with Crippen molar-refractivity contribution in [3.05, 3.63) is 57.8 Å². The number of thiophene rings is 1. The van der Waals surface area contributed by atoms with E-state index in [4.69, 9.17) is 0 Å². The number of amides is 5. The number of rotatable bonds is 5. The van der Waals surface area contributed by atoms with Crippen LogP contribution in [-0.4, -0.2) is 40.1 Å². The van der Waals surface area contributed by atoms with Crippen LogP contribution in [0.15, 0.2) is 41.8 Å². The van der Waals surface area contributed by atoms with Gasteiger partial charge in [-0.05, 0) is 41.8 Å². The SMILES string of the molecule is O=C(CN1C(=O)C(=O)N(Cc2cccs2)C1=O)N[C@H]1CCCc2ccccc21. The van der Waals surface area contributed by atoms with Crippen molar-refractivity contribution >= 4 is 35.1 Å². The number of nitrogens with one attached hydrogen (secondary N) is 1. The molecule has 28 heavy (non-hydrogen) atoms. The van der Waals surface area contributed by atoms with E-state index in [1.807, 2.05) is 29.6 Å². The fraction of sp³-hybridized carbons (Fsp3) is 0.300. The van der Waals surface area contributed by atoms with Gasteiger partial charge in [-0.25, -0.2) is 9.69 Å². The molecular weight excluding hydrogens is 378 g/mol. The lowest BCUT2D eigenvalue weighted by atomic mass is 9.88. The van der Waals surface area contributed by atoms with Crippen LogP contribution in [0.25, 0.3) is 0 Å². The second-order valence-corrected chi connectivity index (χ2v) is 7.89. The molecule has 4 rings (SSSR count). The number of carbonyl (C=O) groups is 4. The van der Waals surface area contributed by atoms with Crippen LogP contribution < -0.4 is 5.32 Å².